The normalized spacial score (nSPS) is 35.2. The van der Waals surface area contributed by atoms with E-state index in [9.17, 15) is 4.79 Å². The van der Waals surface area contributed by atoms with Crippen LogP contribution in [-0.2, 0) is 4.79 Å². The molecule has 5 rings (SSSR count). The molecule has 0 radical (unpaired) electrons. The minimum absolute atomic E-state index is 0.171. The molecule has 4 heteroatoms. The number of hydrogen-bond donors (Lipinski definition) is 0. The molecular weight excluding hydrogens is 300 g/mol. The van der Waals surface area contributed by atoms with E-state index in [2.05, 4.69) is 5.16 Å². The smallest absolute Gasteiger partial charge is 0.229 e. The molecule has 4 saturated carbocycles. The van der Waals surface area contributed by atoms with Crippen molar-refractivity contribution in [1.82, 2.24) is 10.1 Å². The molecule has 1 heterocycles. The summed E-state index contributed by atoms with van der Waals surface area (Å²) in [7, 11) is 2.00. The fourth-order valence-electron chi connectivity index (χ4n) is 6.63. The summed E-state index contributed by atoms with van der Waals surface area (Å²) < 4.78 is 5.26. The fourth-order valence-corrected chi connectivity index (χ4v) is 6.63. The molecule has 24 heavy (non-hydrogen) atoms. The first kappa shape index (κ1) is 16.2. The van der Waals surface area contributed by atoms with Gasteiger partial charge in [0.05, 0.1) is 11.6 Å². The largest absolute Gasteiger partial charge is 0.361 e. The van der Waals surface area contributed by atoms with Gasteiger partial charge < -0.3 is 9.42 Å². The Kier molecular flexibility index (Phi) is 3.77. The highest BCUT2D eigenvalue weighted by Gasteiger charge is 2.51. The Morgan fingerprint density at radius 2 is 1.75 bits per heavy atom. The molecule has 0 aromatic carbocycles. The van der Waals surface area contributed by atoms with Crippen LogP contribution in [-0.4, -0.2) is 29.6 Å². The second-order valence-corrected chi connectivity index (χ2v) is 9.07. The van der Waals surface area contributed by atoms with E-state index in [-0.39, 0.29) is 11.8 Å². The van der Waals surface area contributed by atoms with Crippen molar-refractivity contribution in [2.24, 2.45) is 23.2 Å². The van der Waals surface area contributed by atoms with Gasteiger partial charge in [0.25, 0.3) is 0 Å². The van der Waals surface area contributed by atoms with E-state index < -0.39 is 0 Å². The van der Waals surface area contributed by atoms with Crippen LogP contribution in [0.15, 0.2) is 4.52 Å². The Labute approximate surface area is 145 Å². The van der Waals surface area contributed by atoms with Crippen LogP contribution in [0.1, 0.15) is 68.4 Å². The number of carbonyl (C=O) groups excluding carboxylic acids is 1. The van der Waals surface area contributed by atoms with Crippen molar-refractivity contribution >= 4 is 5.91 Å². The van der Waals surface area contributed by atoms with Crippen LogP contribution < -0.4 is 0 Å². The lowest BCUT2D eigenvalue weighted by Crippen LogP contribution is -2.51. The van der Waals surface area contributed by atoms with E-state index in [1.54, 1.807) is 0 Å². The molecule has 4 fully saturated rings. The average Bonchev–Trinajstić information content (AvgIpc) is 2.83. The minimum atomic E-state index is -0.171. The van der Waals surface area contributed by atoms with Gasteiger partial charge in [-0.05, 0) is 82.5 Å². The number of aromatic nitrogens is 1. The lowest BCUT2D eigenvalue weighted by molar-refractivity contribution is -0.136. The molecule has 4 bridgehead atoms. The van der Waals surface area contributed by atoms with Crippen LogP contribution in [0, 0.1) is 37.0 Å². The van der Waals surface area contributed by atoms with Crippen molar-refractivity contribution in [3.8, 4) is 0 Å². The molecule has 0 saturated heterocycles. The number of aryl methyl sites for hydroxylation is 2. The van der Waals surface area contributed by atoms with Crippen LogP contribution in [0.4, 0.5) is 0 Å². The average molecular weight is 330 g/mol. The molecule has 0 unspecified atom stereocenters. The van der Waals surface area contributed by atoms with Gasteiger partial charge in [-0.3, -0.25) is 4.79 Å². The Balaban J connectivity index is 1.48. The van der Waals surface area contributed by atoms with Crippen LogP contribution in [0.25, 0.3) is 0 Å². The molecule has 4 aliphatic carbocycles. The maximum atomic E-state index is 13.0. The van der Waals surface area contributed by atoms with Crippen LogP contribution in [0.3, 0.4) is 0 Å². The monoisotopic (exact) mass is 330 g/mol. The molecule has 0 spiro atoms. The molecule has 0 aliphatic heterocycles. The van der Waals surface area contributed by atoms with Crippen molar-refractivity contribution in [3.05, 3.63) is 17.0 Å². The first-order valence-corrected chi connectivity index (χ1v) is 9.54. The number of rotatable bonds is 4. The standard InChI is InChI=1S/C20H30N2O2/c1-12(18-13(2)21-24-14(18)3)19(23)22(4)11-20-8-15-5-16(9-20)7-17(6-15)10-20/h12,15-17H,5-11H2,1-4H3/t12-,15?,16?,17?,20?/m0/s1. The summed E-state index contributed by atoms with van der Waals surface area (Å²) in [5.41, 5.74) is 2.21. The quantitative estimate of drug-likeness (QED) is 0.836. The first-order valence-electron chi connectivity index (χ1n) is 9.54. The van der Waals surface area contributed by atoms with Gasteiger partial charge in [0, 0.05) is 19.2 Å². The summed E-state index contributed by atoms with van der Waals surface area (Å²) >= 11 is 0. The molecule has 1 atom stereocenters. The molecule has 1 aromatic heterocycles. The predicted molar refractivity (Wildman–Crippen MR) is 92.6 cm³/mol. The Bertz CT molecular complexity index is 593. The summed E-state index contributed by atoms with van der Waals surface area (Å²) in [6.45, 7) is 6.75. The molecule has 4 nitrogen and oxygen atoms in total. The van der Waals surface area contributed by atoms with Crippen molar-refractivity contribution in [1.29, 1.82) is 0 Å². The van der Waals surface area contributed by atoms with E-state index in [0.717, 1.165) is 41.3 Å². The van der Waals surface area contributed by atoms with Crippen molar-refractivity contribution in [2.75, 3.05) is 13.6 Å². The second kappa shape index (κ2) is 5.60. The van der Waals surface area contributed by atoms with Gasteiger partial charge in [-0.2, -0.15) is 0 Å². The predicted octanol–water partition coefficient (Wildman–Crippen LogP) is 4.07. The Morgan fingerprint density at radius 1 is 1.21 bits per heavy atom. The van der Waals surface area contributed by atoms with Gasteiger partial charge in [0.2, 0.25) is 5.91 Å². The summed E-state index contributed by atoms with van der Waals surface area (Å²) in [6, 6.07) is 0. The van der Waals surface area contributed by atoms with Gasteiger partial charge in [0.1, 0.15) is 5.76 Å². The van der Waals surface area contributed by atoms with Gasteiger partial charge >= 0.3 is 0 Å². The zero-order chi connectivity index (χ0) is 17.1. The number of likely N-dealkylation sites (N-methyl/N-ethyl adjacent to an activating group) is 1. The summed E-state index contributed by atoms with van der Waals surface area (Å²) in [6.07, 6.45) is 8.38. The molecular formula is C20H30N2O2. The number of amides is 1. The van der Waals surface area contributed by atoms with E-state index in [1.165, 1.54) is 38.5 Å². The maximum Gasteiger partial charge on any atom is 0.229 e. The highest BCUT2D eigenvalue weighted by atomic mass is 16.5. The summed E-state index contributed by atoms with van der Waals surface area (Å²) in [5.74, 6) is 3.60. The molecule has 1 aromatic rings. The minimum Gasteiger partial charge on any atom is -0.361 e. The number of hydrogen-bond acceptors (Lipinski definition) is 3. The van der Waals surface area contributed by atoms with E-state index in [1.807, 2.05) is 32.7 Å². The number of nitrogens with zero attached hydrogens (tertiary/aromatic N) is 2. The van der Waals surface area contributed by atoms with E-state index in [0.29, 0.717) is 5.41 Å². The zero-order valence-electron chi connectivity index (χ0n) is 15.5. The van der Waals surface area contributed by atoms with E-state index >= 15 is 0 Å². The van der Waals surface area contributed by atoms with Crippen LogP contribution in [0.2, 0.25) is 0 Å². The molecule has 0 N–H and O–H groups in total. The van der Waals surface area contributed by atoms with Crippen LogP contribution in [0.5, 0.6) is 0 Å². The van der Waals surface area contributed by atoms with Crippen LogP contribution >= 0.6 is 0 Å². The highest BCUT2D eigenvalue weighted by Crippen LogP contribution is 2.60. The van der Waals surface area contributed by atoms with E-state index in [4.69, 9.17) is 4.52 Å². The lowest BCUT2D eigenvalue weighted by Gasteiger charge is -2.57. The van der Waals surface area contributed by atoms with Crippen molar-refractivity contribution in [3.63, 3.8) is 0 Å². The van der Waals surface area contributed by atoms with Crippen molar-refractivity contribution in [2.45, 2.75) is 65.2 Å². The first-order chi connectivity index (χ1) is 11.4. The fraction of sp³-hybridized carbons (Fsp3) is 0.800. The zero-order valence-corrected chi connectivity index (χ0v) is 15.5. The summed E-state index contributed by atoms with van der Waals surface area (Å²) in [4.78, 5) is 15.0. The highest BCUT2D eigenvalue weighted by molar-refractivity contribution is 5.83. The van der Waals surface area contributed by atoms with Crippen molar-refractivity contribution < 1.29 is 9.32 Å². The third-order valence-corrected chi connectivity index (χ3v) is 7.01. The molecule has 132 valence electrons. The second-order valence-electron chi connectivity index (χ2n) is 9.07. The van der Waals surface area contributed by atoms with Gasteiger partial charge in [-0.25, -0.2) is 0 Å². The lowest BCUT2D eigenvalue weighted by atomic mass is 9.49. The van der Waals surface area contributed by atoms with Gasteiger partial charge in [-0.15, -0.1) is 0 Å². The number of carbonyl (C=O) groups is 1. The Hall–Kier alpha value is -1.32. The third-order valence-electron chi connectivity index (χ3n) is 7.01. The Morgan fingerprint density at radius 3 is 2.21 bits per heavy atom. The topological polar surface area (TPSA) is 46.3 Å². The van der Waals surface area contributed by atoms with Gasteiger partial charge in [-0.1, -0.05) is 5.16 Å². The third kappa shape index (κ3) is 2.58. The van der Waals surface area contributed by atoms with Gasteiger partial charge in [0.15, 0.2) is 0 Å². The molecule has 1 amide bonds. The SMILES string of the molecule is Cc1noc(C)c1[C@H](C)C(=O)N(C)CC12CC3CC(CC(C3)C1)C2. The molecule has 4 aliphatic rings. The maximum absolute atomic E-state index is 13.0. The summed E-state index contributed by atoms with van der Waals surface area (Å²) in [5, 5.41) is 4.01.